The Kier molecular flexibility index (Phi) is 8.48. The molecule has 0 aromatic rings. The third kappa shape index (κ3) is 6.20. The monoisotopic (exact) mass is 244 g/mol. The number of hydrogen-bond donors (Lipinski definition) is 3. The van der Waals surface area contributed by atoms with Gasteiger partial charge in [0.2, 0.25) is 0 Å². The molecule has 4 atom stereocenters. The summed E-state index contributed by atoms with van der Waals surface area (Å²) >= 11 is 0. The van der Waals surface area contributed by atoms with E-state index in [2.05, 4.69) is 6.92 Å². The Morgan fingerprint density at radius 3 is 2.29 bits per heavy atom. The van der Waals surface area contributed by atoms with Crippen LogP contribution in [0.4, 0.5) is 0 Å². The summed E-state index contributed by atoms with van der Waals surface area (Å²) in [4.78, 5) is 0. The van der Waals surface area contributed by atoms with E-state index in [9.17, 15) is 10.2 Å². The molecule has 0 aliphatic heterocycles. The van der Waals surface area contributed by atoms with Crippen LogP contribution >= 0.6 is 0 Å². The number of rotatable bonds is 8. The predicted octanol–water partition coefficient (Wildman–Crippen LogP) is 2.11. The van der Waals surface area contributed by atoms with E-state index in [4.69, 9.17) is 5.11 Å². The van der Waals surface area contributed by atoms with Crippen molar-refractivity contribution in [3.63, 3.8) is 0 Å². The molecule has 0 aliphatic rings. The minimum absolute atomic E-state index is 0.0237. The van der Waals surface area contributed by atoms with Gasteiger partial charge in [0, 0.05) is 5.92 Å². The van der Waals surface area contributed by atoms with Gasteiger partial charge in [-0.3, -0.25) is 0 Å². The van der Waals surface area contributed by atoms with Gasteiger partial charge < -0.3 is 15.3 Å². The summed E-state index contributed by atoms with van der Waals surface area (Å²) in [5, 5.41) is 28.9. The average Bonchev–Trinajstić information content (AvgIpc) is 2.33. The molecule has 0 fully saturated rings. The molecule has 17 heavy (non-hydrogen) atoms. The highest BCUT2D eigenvalue weighted by Crippen LogP contribution is 2.22. The molecule has 3 nitrogen and oxygen atoms in total. The quantitative estimate of drug-likeness (QED) is 0.573. The normalized spacial score (nSPS) is 19.8. The molecule has 0 radical (unpaired) electrons. The van der Waals surface area contributed by atoms with Crippen molar-refractivity contribution in [1.29, 1.82) is 0 Å². The van der Waals surface area contributed by atoms with Crippen LogP contribution in [-0.2, 0) is 0 Å². The van der Waals surface area contributed by atoms with Gasteiger partial charge in [0.25, 0.3) is 0 Å². The third-order valence-electron chi connectivity index (χ3n) is 3.43. The molecule has 102 valence electrons. The van der Waals surface area contributed by atoms with E-state index in [1.54, 1.807) is 0 Å². The lowest BCUT2D eigenvalue weighted by atomic mass is 9.86. The molecule has 0 saturated carbocycles. The van der Waals surface area contributed by atoms with E-state index >= 15 is 0 Å². The van der Waals surface area contributed by atoms with E-state index < -0.39 is 12.2 Å². The minimum atomic E-state index is -0.550. The Morgan fingerprint density at radius 1 is 1.24 bits per heavy atom. The number of aliphatic hydroxyl groups is 3. The Labute approximate surface area is 105 Å². The highest BCUT2D eigenvalue weighted by Gasteiger charge is 2.25. The van der Waals surface area contributed by atoms with Crippen molar-refractivity contribution in [3.8, 4) is 0 Å². The molecule has 0 saturated heterocycles. The first-order valence-electron chi connectivity index (χ1n) is 6.56. The van der Waals surface area contributed by atoms with Crippen molar-refractivity contribution in [2.24, 2.45) is 11.8 Å². The maximum absolute atomic E-state index is 10.1. The van der Waals surface area contributed by atoms with Gasteiger partial charge in [-0.15, -0.1) is 0 Å². The molecule has 3 N–H and O–H groups in total. The van der Waals surface area contributed by atoms with Gasteiger partial charge >= 0.3 is 0 Å². The van der Waals surface area contributed by atoms with Crippen LogP contribution in [-0.4, -0.2) is 34.1 Å². The van der Waals surface area contributed by atoms with Crippen molar-refractivity contribution in [2.45, 2.75) is 59.2 Å². The van der Waals surface area contributed by atoms with E-state index in [-0.39, 0.29) is 18.4 Å². The van der Waals surface area contributed by atoms with Gasteiger partial charge in [-0.1, -0.05) is 38.8 Å². The fourth-order valence-corrected chi connectivity index (χ4v) is 1.97. The van der Waals surface area contributed by atoms with E-state index in [0.29, 0.717) is 6.42 Å². The van der Waals surface area contributed by atoms with Gasteiger partial charge in [-0.05, 0) is 25.7 Å². The fourth-order valence-electron chi connectivity index (χ4n) is 1.97. The van der Waals surface area contributed by atoms with Crippen molar-refractivity contribution in [1.82, 2.24) is 0 Å². The second kappa shape index (κ2) is 8.67. The number of hydrogen-bond acceptors (Lipinski definition) is 3. The van der Waals surface area contributed by atoms with Gasteiger partial charge in [0.15, 0.2) is 0 Å². The van der Waals surface area contributed by atoms with Crippen molar-refractivity contribution in [2.75, 3.05) is 6.61 Å². The minimum Gasteiger partial charge on any atom is -0.392 e. The van der Waals surface area contributed by atoms with E-state index in [0.717, 1.165) is 18.4 Å². The molecule has 0 spiro atoms. The second-order valence-corrected chi connectivity index (χ2v) is 5.13. The summed E-state index contributed by atoms with van der Waals surface area (Å²) in [5.41, 5.74) is 0.854. The largest absolute Gasteiger partial charge is 0.392 e. The zero-order chi connectivity index (χ0) is 13.4. The Morgan fingerprint density at radius 2 is 1.82 bits per heavy atom. The summed E-state index contributed by atoms with van der Waals surface area (Å²) in [6.07, 6.45) is 3.33. The number of aliphatic hydroxyl groups excluding tert-OH is 3. The molecule has 0 amide bonds. The van der Waals surface area contributed by atoms with Gasteiger partial charge in [-0.25, -0.2) is 0 Å². The molecular formula is C14H28O3. The molecule has 0 aliphatic carbocycles. The molecule has 3 heteroatoms. The highest BCUT2D eigenvalue weighted by atomic mass is 16.3. The third-order valence-corrected chi connectivity index (χ3v) is 3.43. The second-order valence-electron chi connectivity index (χ2n) is 5.13. The zero-order valence-electron chi connectivity index (χ0n) is 11.6. The van der Waals surface area contributed by atoms with Gasteiger partial charge in [-0.2, -0.15) is 0 Å². The highest BCUT2D eigenvalue weighted by molar-refractivity contribution is 4.99. The van der Waals surface area contributed by atoms with Crippen LogP contribution in [0.15, 0.2) is 11.6 Å². The summed E-state index contributed by atoms with van der Waals surface area (Å²) in [5.74, 6) is 0.0758. The summed E-state index contributed by atoms with van der Waals surface area (Å²) in [6, 6.07) is 0. The van der Waals surface area contributed by atoms with Gasteiger partial charge in [0.1, 0.15) is 0 Å². The first-order chi connectivity index (χ1) is 7.93. The molecule has 0 unspecified atom stereocenters. The van der Waals surface area contributed by atoms with Crippen LogP contribution in [0.1, 0.15) is 47.0 Å². The van der Waals surface area contributed by atoms with Crippen molar-refractivity contribution in [3.05, 3.63) is 11.6 Å². The average molecular weight is 244 g/mol. The first kappa shape index (κ1) is 16.6. The van der Waals surface area contributed by atoms with Crippen LogP contribution < -0.4 is 0 Å². The molecule has 0 aromatic carbocycles. The van der Waals surface area contributed by atoms with Crippen LogP contribution in [0, 0.1) is 11.8 Å². The molecule has 0 bridgehead atoms. The lowest BCUT2D eigenvalue weighted by Crippen LogP contribution is -2.33. The van der Waals surface area contributed by atoms with E-state index in [1.807, 2.05) is 26.8 Å². The van der Waals surface area contributed by atoms with Crippen LogP contribution in [0.25, 0.3) is 0 Å². The maximum Gasteiger partial charge on any atom is 0.0639 e. The van der Waals surface area contributed by atoms with Crippen molar-refractivity contribution < 1.29 is 15.3 Å². The van der Waals surface area contributed by atoms with Crippen LogP contribution in [0.2, 0.25) is 0 Å². The summed E-state index contributed by atoms with van der Waals surface area (Å²) in [7, 11) is 0. The van der Waals surface area contributed by atoms with Crippen LogP contribution in [0.5, 0.6) is 0 Å². The Bertz CT molecular complexity index is 226. The van der Waals surface area contributed by atoms with Gasteiger partial charge in [0.05, 0.1) is 18.8 Å². The standard InChI is InChI=1S/C14H28O3/c1-5-6-11(3)14(17)12(4)13(16)8-7-10(2)9-15/h7,11-17H,5-6,8-9H2,1-4H3/b10-7+/t11-,12-,13-,14+/m0/s1. The first-order valence-corrected chi connectivity index (χ1v) is 6.56. The molecular weight excluding hydrogens is 216 g/mol. The fraction of sp³-hybridized carbons (Fsp3) is 0.857. The van der Waals surface area contributed by atoms with Crippen molar-refractivity contribution >= 4 is 0 Å². The topological polar surface area (TPSA) is 60.7 Å². The predicted molar refractivity (Wildman–Crippen MR) is 70.7 cm³/mol. The Hall–Kier alpha value is -0.380. The van der Waals surface area contributed by atoms with E-state index in [1.165, 1.54) is 0 Å². The summed E-state index contributed by atoms with van der Waals surface area (Å²) < 4.78 is 0. The molecule has 0 aromatic heterocycles. The SMILES string of the molecule is CCC[C@H](C)[C@@H](O)[C@@H](C)[C@@H](O)C/C=C(\C)CO. The molecule has 0 rings (SSSR count). The zero-order valence-corrected chi connectivity index (χ0v) is 11.6. The van der Waals surface area contributed by atoms with Crippen LogP contribution in [0.3, 0.4) is 0 Å². The lowest BCUT2D eigenvalue weighted by Gasteiger charge is -2.28. The lowest BCUT2D eigenvalue weighted by molar-refractivity contribution is -0.00683. The summed E-state index contributed by atoms with van der Waals surface area (Å²) in [6.45, 7) is 7.84. The molecule has 0 heterocycles. The smallest absolute Gasteiger partial charge is 0.0639 e. The Balaban J connectivity index is 4.24. The maximum atomic E-state index is 10.1.